The van der Waals surface area contributed by atoms with Crippen LogP contribution in [0.5, 0.6) is 0 Å². The van der Waals surface area contributed by atoms with Gasteiger partial charge in [0.05, 0.1) is 16.6 Å². The summed E-state index contributed by atoms with van der Waals surface area (Å²) in [5.74, 6) is -0.688. The van der Waals surface area contributed by atoms with E-state index < -0.39 is 5.91 Å². The average Bonchev–Trinajstić information content (AvgIpc) is 2.54. The molecule has 2 aromatic rings. The van der Waals surface area contributed by atoms with Crippen LogP contribution in [0, 0.1) is 0 Å². The molecule has 0 saturated heterocycles. The summed E-state index contributed by atoms with van der Waals surface area (Å²) in [5, 5.41) is 5.85. The molecule has 7 heteroatoms. The zero-order valence-electron chi connectivity index (χ0n) is 11.5. The Kier molecular flexibility index (Phi) is 5.75. The topological polar surface area (TPSA) is 71.1 Å². The molecule has 1 aromatic heterocycles. The van der Waals surface area contributed by atoms with Gasteiger partial charge in [-0.05, 0) is 29.8 Å². The number of halogens is 2. The van der Waals surface area contributed by atoms with Gasteiger partial charge in [0.1, 0.15) is 0 Å². The summed E-state index contributed by atoms with van der Waals surface area (Å²) >= 11 is 11.6. The second-order valence-electron chi connectivity index (χ2n) is 4.45. The number of carbonyl (C=O) groups is 2. The van der Waals surface area contributed by atoms with Gasteiger partial charge in [0.2, 0.25) is 5.91 Å². The molecule has 0 spiro atoms. The lowest BCUT2D eigenvalue weighted by Crippen LogP contribution is -2.36. The minimum atomic E-state index is -0.393. The third-order valence-corrected chi connectivity index (χ3v) is 3.54. The summed E-state index contributed by atoms with van der Waals surface area (Å²) in [6.07, 6.45) is 3.32. The van der Waals surface area contributed by atoms with Crippen molar-refractivity contribution in [2.24, 2.45) is 0 Å². The number of hydrogen-bond donors (Lipinski definition) is 2. The van der Waals surface area contributed by atoms with Crippen LogP contribution in [0.4, 0.5) is 0 Å². The first kappa shape index (κ1) is 16.3. The van der Waals surface area contributed by atoms with Crippen LogP contribution in [0.25, 0.3) is 0 Å². The first-order valence-electron chi connectivity index (χ1n) is 6.45. The van der Waals surface area contributed by atoms with Gasteiger partial charge in [-0.15, -0.1) is 0 Å². The van der Waals surface area contributed by atoms with Crippen molar-refractivity contribution in [1.29, 1.82) is 0 Å². The zero-order valence-corrected chi connectivity index (χ0v) is 13.0. The van der Waals surface area contributed by atoms with E-state index in [9.17, 15) is 9.59 Å². The van der Waals surface area contributed by atoms with E-state index in [-0.39, 0.29) is 17.5 Å². The fourth-order valence-corrected chi connectivity index (χ4v) is 1.96. The Bertz CT molecular complexity index is 678. The van der Waals surface area contributed by atoms with Crippen LogP contribution >= 0.6 is 23.2 Å². The molecule has 22 heavy (non-hydrogen) atoms. The van der Waals surface area contributed by atoms with E-state index in [1.54, 1.807) is 18.5 Å². The van der Waals surface area contributed by atoms with E-state index in [1.807, 2.05) is 6.07 Å². The maximum Gasteiger partial charge on any atom is 0.251 e. The molecule has 0 aliphatic heterocycles. The van der Waals surface area contributed by atoms with Crippen LogP contribution < -0.4 is 10.6 Å². The Labute approximate surface area is 137 Å². The maximum absolute atomic E-state index is 11.9. The van der Waals surface area contributed by atoms with Crippen LogP contribution in [-0.4, -0.2) is 23.3 Å². The maximum atomic E-state index is 11.9. The lowest BCUT2D eigenvalue weighted by Gasteiger charge is -2.07. The first-order chi connectivity index (χ1) is 10.6. The van der Waals surface area contributed by atoms with Crippen LogP contribution in [-0.2, 0) is 11.3 Å². The Hall–Kier alpha value is -2.11. The Morgan fingerprint density at radius 1 is 1.09 bits per heavy atom. The Morgan fingerprint density at radius 3 is 2.59 bits per heavy atom. The van der Waals surface area contributed by atoms with Crippen molar-refractivity contribution in [2.75, 3.05) is 6.54 Å². The van der Waals surface area contributed by atoms with Gasteiger partial charge in [0.25, 0.3) is 5.91 Å². The third kappa shape index (κ3) is 4.72. The first-order valence-corrected chi connectivity index (χ1v) is 7.20. The molecule has 5 nitrogen and oxygen atoms in total. The summed E-state index contributed by atoms with van der Waals surface area (Å²) in [6.45, 7) is 0.231. The van der Waals surface area contributed by atoms with Crippen LogP contribution in [0.1, 0.15) is 15.9 Å². The molecule has 0 aliphatic rings. The molecular weight excluding hydrogens is 325 g/mol. The van der Waals surface area contributed by atoms with Gasteiger partial charge >= 0.3 is 0 Å². The fraction of sp³-hybridized carbons (Fsp3) is 0.133. The average molecular weight is 338 g/mol. The van der Waals surface area contributed by atoms with Crippen molar-refractivity contribution in [3.63, 3.8) is 0 Å². The number of pyridine rings is 1. The summed E-state index contributed by atoms with van der Waals surface area (Å²) in [5.41, 5.74) is 1.22. The van der Waals surface area contributed by atoms with Crippen LogP contribution in [0.3, 0.4) is 0 Å². The van der Waals surface area contributed by atoms with E-state index in [0.29, 0.717) is 17.1 Å². The molecule has 0 bridgehead atoms. The molecule has 114 valence electrons. The van der Waals surface area contributed by atoms with Gasteiger partial charge in [0.15, 0.2) is 0 Å². The lowest BCUT2D eigenvalue weighted by atomic mass is 10.2. The Balaban J connectivity index is 1.80. The standard InChI is InChI=1S/C15H13Cl2N3O2/c16-12-4-3-11(6-13(12)17)15(22)20-9-14(21)19-8-10-2-1-5-18-7-10/h1-7H,8-9H2,(H,19,21)(H,20,22). The quantitative estimate of drug-likeness (QED) is 0.880. The third-order valence-electron chi connectivity index (χ3n) is 2.80. The SMILES string of the molecule is O=C(CNC(=O)c1ccc(Cl)c(Cl)c1)NCc1cccnc1. The molecule has 1 aromatic carbocycles. The molecule has 2 N–H and O–H groups in total. The second-order valence-corrected chi connectivity index (χ2v) is 5.26. The highest BCUT2D eigenvalue weighted by atomic mass is 35.5. The fourth-order valence-electron chi connectivity index (χ4n) is 1.67. The van der Waals surface area contributed by atoms with E-state index in [1.165, 1.54) is 18.2 Å². The predicted molar refractivity (Wildman–Crippen MR) is 84.9 cm³/mol. The smallest absolute Gasteiger partial charge is 0.251 e. The number of nitrogens with zero attached hydrogens (tertiary/aromatic N) is 1. The van der Waals surface area contributed by atoms with Gasteiger partial charge in [-0.1, -0.05) is 29.3 Å². The molecule has 2 rings (SSSR count). The van der Waals surface area contributed by atoms with Gasteiger partial charge in [-0.25, -0.2) is 0 Å². The van der Waals surface area contributed by atoms with E-state index in [2.05, 4.69) is 15.6 Å². The number of rotatable bonds is 5. The summed E-state index contributed by atoms with van der Waals surface area (Å²) in [7, 11) is 0. The molecule has 0 unspecified atom stereocenters. The number of amides is 2. The predicted octanol–water partition coefficient (Wildman–Crippen LogP) is 2.43. The largest absolute Gasteiger partial charge is 0.350 e. The number of aromatic nitrogens is 1. The summed E-state index contributed by atoms with van der Waals surface area (Å²) in [6, 6.07) is 8.15. The van der Waals surface area contributed by atoms with E-state index in [4.69, 9.17) is 23.2 Å². The lowest BCUT2D eigenvalue weighted by molar-refractivity contribution is -0.120. The molecule has 0 saturated carbocycles. The number of hydrogen-bond acceptors (Lipinski definition) is 3. The highest BCUT2D eigenvalue weighted by Crippen LogP contribution is 2.22. The van der Waals surface area contributed by atoms with Gasteiger partial charge < -0.3 is 10.6 Å². The minimum Gasteiger partial charge on any atom is -0.350 e. The normalized spacial score (nSPS) is 10.1. The van der Waals surface area contributed by atoms with Crippen molar-refractivity contribution < 1.29 is 9.59 Å². The molecule has 2 amide bonds. The molecule has 0 atom stereocenters. The Morgan fingerprint density at radius 2 is 1.91 bits per heavy atom. The van der Waals surface area contributed by atoms with Crippen molar-refractivity contribution >= 4 is 35.0 Å². The van der Waals surface area contributed by atoms with Crippen molar-refractivity contribution in [2.45, 2.75) is 6.54 Å². The molecule has 0 radical (unpaired) electrons. The highest BCUT2D eigenvalue weighted by molar-refractivity contribution is 6.42. The van der Waals surface area contributed by atoms with Gasteiger partial charge in [-0.2, -0.15) is 0 Å². The summed E-state index contributed by atoms with van der Waals surface area (Å²) in [4.78, 5) is 27.5. The van der Waals surface area contributed by atoms with Gasteiger partial charge in [-0.3, -0.25) is 14.6 Å². The molecule has 1 heterocycles. The minimum absolute atomic E-state index is 0.126. The number of nitrogens with one attached hydrogen (secondary N) is 2. The van der Waals surface area contributed by atoms with Crippen LogP contribution in [0.15, 0.2) is 42.7 Å². The van der Waals surface area contributed by atoms with Crippen molar-refractivity contribution in [3.05, 3.63) is 63.9 Å². The molecule has 0 aliphatic carbocycles. The van der Waals surface area contributed by atoms with Crippen molar-refractivity contribution in [3.8, 4) is 0 Å². The van der Waals surface area contributed by atoms with E-state index in [0.717, 1.165) is 5.56 Å². The molecular formula is C15H13Cl2N3O2. The van der Waals surface area contributed by atoms with Crippen LogP contribution in [0.2, 0.25) is 10.0 Å². The second kappa shape index (κ2) is 7.77. The monoisotopic (exact) mass is 337 g/mol. The number of benzene rings is 1. The summed E-state index contributed by atoms with van der Waals surface area (Å²) < 4.78 is 0. The van der Waals surface area contributed by atoms with E-state index >= 15 is 0 Å². The van der Waals surface area contributed by atoms with Crippen molar-refractivity contribution in [1.82, 2.24) is 15.6 Å². The molecule has 0 fully saturated rings. The zero-order chi connectivity index (χ0) is 15.9. The number of carbonyl (C=O) groups excluding carboxylic acids is 2. The van der Waals surface area contributed by atoms with Gasteiger partial charge in [0, 0.05) is 24.5 Å². The highest BCUT2D eigenvalue weighted by Gasteiger charge is 2.09.